The quantitative estimate of drug-likeness (QED) is 0.552. The number of guanidine groups is 1. The normalized spacial score (nSPS) is 28.1. The summed E-state index contributed by atoms with van der Waals surface area (Å²) in [6.07, 6.45) is 7.65. The number of carbonyl (C=O) groups excluding carboxylic acids is 1. The van der Waals surface area contributed by atoms with Gasteiger partial charge >= 0.3 is 0 Å². The maximum atomic E-state index is 14.1. The molecule has 1 atom stereocenters. The van der Waals surface area contributed by atoms with Crippen molar-refractivity contribution in [1.29, 1.82) is 0 Å². The monoisotopic (exact) mass is 427 g/mol. The molecule has 0 aromatic heterocycles. The smallest absolute Gasteiger partial charge is 0.237 e. The summed E-state index contributed by atoms with van der Waals surface area (Å²) in [5.41, 5.74) is 8.49. The number of nitrogens with two attached hydrogens (primary N) is 1. The molecule has 170 valence electrons. The molecule has 6 nitrogen and oxygen atoms in total. The van der Waals surface area contributed by atoms with Crippen molar-refractivity contribution in [3.05, 3.63) is 29.3 Å². The molecule has 2 fully saturated rings. The molecule has 1 amide bonds. The van der Waals surface area contributed by atoms with Gasteiger partial charge in [0.05, 0.1) is 18.6 Å². The van der Waals surface area contributed by atoms with E-state index < -0.39 is 0 Å². The standard InChI is InChI=1S/C25H37N3O3/c1-16(2)28(24(26)27-3)23(29)22-21-13-20(31-15-17-5-6-17)8-7-18(21)14-25(22)11-9-19(30-4)10-12-25/h7-8,13,16-17,19,22H,5-6,9-12,14-15H2,1-4H3,(H2,26,27)/t19?,22-,25?/m0/s1. The van der Waals surface area contributed by atoms with Gasteiger partial charge in [-0.15, -0.1) is 0 Å². The molecule has 4 rings (SSSR count). The summed E-state index contributed by atoms with van der Waals surface area (Å²) in [5, 5.41) is 0. The molecule has 6 heteroatoms. The molecule has 0 radical (unpaired) electrons. The highest BCUT2D eigenvalue weighted by molar-refractivity contribution is 6.00. The van der Waals surface area contributed by atoms with Crippen LogP contribution in [0.5, 0.6) is 5.75 Å². The number of nitrogens with zero attached hydrogens (tertiary/aromatic N) is 2. The Kier molecular flexibility index (Phi) is 6.29. The lowest BCUT2D eigenvalue weighted by Crippen LogP contribution is -2.51. The Bertz CT molecular complexity index is 838. The lowest BCUT2D eigenvalue weighted by Gasteiger charge is -2.42. The van der Waals surface area contributed by atoms with Gasteiger partial charge in [-0.2, -0.15) is 0 Å². The van der Waals surface area contributed by atoms with E-state index in [-0.39, 0.29) is 35.3 Å². The van der Waals surface area contributed by atoms with Gasteiger partial charge in [-0.3, -0.25) is 14.7 Å². The number of hydrogen-bond donors (Lipinski definition) is 1. The van der Waals surface area contributed by atoms with Crippen LogP contribution < -0.4 is 10.5 Å². The highest BCUT2D eigenvalue weighted by Gasteiger charge is 2.52. The van der Waals surface area contributed by atoms with Crippen molar-refractivity contribution in [2.24, 2.45) is 22.1 Å². The van der Waals surface area contributed by atoms with Crippen molar-refractivity contribution in [2.75, 3.05) is 20.8 Å². The summed E-state index contributed by atoms with van der Waals surface area (Å²) in [6.45, 7) is 4.76. The first-order valence-corrected chi connectivity index (χ1v) is 11.7. The van der Waals surface area contributed by atoms with Crippen LogP contribution in [-0.4, -0.2) is 49.7 Å². The molecular formula is C25H37N3O3. The molecule has 0 aliphatic heterocycles. The Morgan fingerprint density at radius 1 is 1.26 bits per heavy atom. The van der Waals surface area contributed by atoms with Gasteiger partial charge in [-0.1, -0.05) is 6.07 Å². The maximum Gasteiger partial charge on any atom is 0.237 e. The van der Waals surface area contributed by atoms with Gasteiger partial charge in [-0.25, -0.2) is 0 Å². The van der Waals surface area contributed by atoms with Crippen LogP contribution >= 0.6 is 0 Å². The lowest BCUT2D eigenvalue weighted by atomic mass is 9.65. The number of hydrogen-bond acceptors (Lipinski definition) is 4. The van der Waals surface area contributed by atoms with E-state index in [1.54, 1.807) is 19.1 Å². The number of amides is 1. The number of carbonyl (C=O) groups is 1. The third-order valence-corrected chi connectivity index (χ3v) is 7.50. The Balaban J connectivity index is 1.70. The zero-order chi connectivity index (χ0) is 22.2. The molecule has 3 aliphatic rings. The number of methoxy groups -OCH3 is 1. The minimum absolute atomic E-state index is 0.0538. The average molecular weight is 428 g/mol. The Labute approximate surface area is 186 Å². The van der Waals surface area contributed by atoms with Gasteiger partial charge in [0.15, 0.2) is 5.96 Å². The fraction of sp³-hybridized carbons (Fsp3) is 0.680. The van der Waals surface area contributed by atoms with Gasteiger partial charge in [0.1, 0.15) is 5.75 Å². The molecule has 3 aliphatic carbocycles. The molecule has 0 bridgehead atoms. The molecule has 0 saturated heterocycles. The van der Waals surface area contributed by atoms with Crippen LogP contribution in [-0.2, 0) is 16.0 Å². The average Bonchev–Trinajstić information content (AvgIpc) is 3.53. The lowest BCUT2D eigenvalue weighted by molar-refractivity contribution is -0.134. The van der Waals surface area contributed by atoms with E-state index in [2.05, 4.69) is 23.2 Å². The van der Waals surface area contributed by atoms with Crippen molar-refractivity contribution < 1.29 is 14.3 Å². The van der Waals surface area contributed by atoms with E-state index in [0.717, 1.165) is 50.0 Å². The van der Waals surface area contributed by atoms with Gasteiger partial charge in [0, 0.05) is 20.2 Å². The number of benzene rings is 1. The van der Waals surface area contributed by atoms with Crippen molar-refractivity contribution in [1.82, 2.24) is 4.90 Å². The molecular weight excluding hydrogens is 390 g/mol. The van der Waals surface area contributed by atoms with E-state index >= 15 is 0 Å². The van der Waals surface area contributed by atoms with Crippen LogP contribution in [0, 0.1) is 11.3 Å². The van der Waals surface area contributed by atoms with Gasteiger partial charge < -0.3 is 15.2 Å². The zero-order valence-electron chi connectivity index (χ0n) is 19.4. The van der Waals surface area contributed by atoms with E-state index in [9.17, 15) is 4.79 Å². The largest absolute Gasteiger partial charge is 0.493 e. The SMILES string of the molecule is C/N=C(/N)N(C(=O)[C@@H]1c2cc(OCC3CC3)ccc2CC12CCC(OC)CC2)C(C)C. The first-order valence-electron chi connectivity index (χ1n) is 11.7. The van der Waals surface area contributed by atoms with E-state index in [1.807, 2.05) is 13.8 Å². The number of fused-ring (bicyclic) bond motifs is 1. The third-order valence-electron chi connectivity index (χ3n) is 7.50. The van der Waals surface area contributed by atoms with Gasteiger partial charge in [-0.05, 0) is 93.4 Å². The summed E-state index contributed by atoms with van der Waals surface area (Å²) < 4.78 is 11.7. The third kappa shape index (κ3) is 4.32. The second kappa shape index (κ2) is 8.81. The van der Waals surface area contributed by atoms with Crippen molar-refractivity contribution in [3.63, 3.8) is 0 Å². The molecule has 2 N–H and O–H groups in total. The van der Waals surface area contributed by atoms with E-state index in [1.165, 1.54) is 18.4 Å². The van der Waals surface area contributed by atoms with E-state index in [0.29, 0.717) is 5.92 Å². The molecule has 31 heavy (non-hydrogen) atoms. The van der Waals surface area contributed by atoms with Crippen LogP contribution in [0.1, 0.15) is 69.4 Å². The summed E-state index contributed by atoms with van der Waals surface area (Å²) in [7, 11) is 3.43. The number of ether oxygens (including phenoxy) is 2. The zero-order valence-corrected chi connectivity index (χ0v) is 19.4. The molecule has 1 aromatic carbocycles. The summed E-state index contributed by atoms with van der Waals surface area (Å²) in [6, 6.07) is 6.31. The summed E-state index contributed by atoms with van der Waals surface area (Å²) >= 11 is 0. The number of rotatable bonds is 6. The Hall–Kier alpha value is -2.08. The highest BCUT2D eigenvalue weighted by Crippen LogP contribution is 2.56. The Morgan fingerprint density at radius 3 is 2.55 bits per heavy atom. The minimum Gasteiger partial charge on any atom is -0.493 e. The molecule has 0 heterocycles. The second-order valence-corrected chi connectivity index (χ2v) is 9.91. The van der Waals surface area contributed by atoms with Crippen LogP contribution in [0.4, 0.5) is 0 Å². The Morgan fingerprint density at radius 2 is 1.97 bits per heavy atom. The predicted octanol–water partition coefficient (Wildman–Crippen LogP) is 3.87. The van der Waals surface area contributed by atoms with Gasteiger partial charge in [0.2, 0.25) is 5.91 Å². The van der Waals surface area contributed by atoms with E-state index in [4.69, 9.17) is 15.2 Å². The summed E-state index contributed by atoms with van der Waals surface area (Å²) in [5.74, 6) is 1.69. The summed E-state index contributed by atoms with van der Waals surface area (Å²) in [4.78, 5) is 19.9. The first kappa shape index (κ1) is 22.1. The van der Waals surface area contributed by atoms with Crippen molar-refractivity contribution >= 4 is 11.9 Å². The van der Waals surface area contributed by atoms with Gasteiger partial charge in [0.25, 0.3) is 0 Å². The fourth-order valence-corrected chi connectivity index (χ4v) is 5.54. The first-order chi connectivity index (χ1) is 14.9. The molecule has 0 unspecified atom stereocenters. The highest BCUT2D eigenvalue weighted by atomic mass is 16.5. The van der Waals surface area contributed by atoms with Crippen LogP contribution in [0.2, 0.25) is 0 Å². The van der Waals surface area contributed by atoms with Crippen LogP contribution in [0.15, 0.2) is 23.2 Å². The molecule has 1 aromatic rings. The predicted molar refractivity (Wildman–Crippen MR) is 122 cm³/mol. The molecule has 2 saturated carbocycles. The molecule has 1 spiro atoms. The minimum atomic E-state index is -0.229. The van der Waals surface area contributed by atoms with Crippen LogP contribution in [0.25, 0.3) is 0 Å². The van der Waals surface area contributed by atoms with Crippen molar-refractivity contribution in [3.8, 4) is 5.75 Å². The number of aliphatic imine (C=N–C) groups is 1. The second-order valence-electron chi connectivity index (χ2n) is 9.91. The maximum absolute atomic E-state index is 14.1. The van der Waals surface area contributed by atoms with Crippen LogP contribution in [0.3, 0.4) is 0 Å². The fourth-order valence-electron chi connectivity index (χ4n) is 5.54. The van der Waals surface area contributed by atoms with Crippen molar-refractivity contribution in [2.45, 2.75) is 76.9 Å². The topological polar surface area (TPSA) is 77.2 Å².